The molecule has 8 heteroatoms. The standard InChI is InChI=1S/C18H20ClN3O3S/c19-17-12-14(8-9-20-17)18(23)21-15-6-5-7-16(13-15)26(24,25)22-10-3-1-2-4-11-22/h5-9,12-13H,1-4,10-11H2,(H,21,23). The first kappa shape index (κ1) is 18.8. The highest BCUT2D eigenvalue weighted by atomic mass is 35.5. The van der Waals surface area contributed by atoms with E-state index in [4.69, 9.17) is 11.6 Å². The fraction of sp³-hybridized carbons (Fsp3) is 0.333. The third kappa shape index (κ3) is 4.41. The van der Waals surface area contributed by atoms with Crippen LogP contribution in [0.3, 0.4) is 0 Å². The van der Waals surface area contributed by atoms with Gasteiger partial charge in [-0.05, 0) is 43.2 Å². The fourth-order valence-electron chi connectivity index (χ4n) is 2.91. The molecule has 26 heavy (non-hydrogen) atoms. The minimum Gasteiger partial charge on any atom is -0.322 e. The molecular formula is C18H20ClN3O3S. The van der Waals surface area contributed by atoms with Gasteiger partial charge in [0.25, 0.3) is 5.91 Å². The topological polar surface area (TPSA) is 79.4 Å². The largest absolute Gasteiger partial charge is 0.322 e. The van der Waals surface area contributed by atoms with Crippen molar-refractivity contribution < 1.29 is 13.2 Å². The Morgan fingerprint density at radius 2 is 1.81 bits per heavy atom. The number of carbonyl (C=O) groups excluding carboxylic acids is 1. The third-order valence-corrected chi connectivity index (χ3v) is 6.38. The molecule has 6 nitrogen and oxygen atoms in total. The lowest BCUT2D eigenvalue weighted by atomic mass is 10.2. The van der Waals surface area contributed by atoms with E-state index in [-0.39, 0.29) is 16.0 Å². The number of sulfonamides is 1. The molecule has 1 aliphatic heterocycles. The van der Waals surface area contributed by atoms with Crippen molar-refractivity contribution in [2.45, 2.75) is 30.6 Å². The van der Waals surface area contributed by atoms with E-state index in [0.29, 0.717) is 24.3 Å². The molecule has 0 spiro atoms. The van der Waals surface area contributed by atoms with Gasteiger partial charge in [0.15, 0.2) is 0 Å². The van der Waals surface area contributed by atoms with Gasteiger partial charge in [-0.25, -0.2) is 13.4 Å². The molecule has 1 aromatic heterocycles. The van der Waals surface area contributed by atoms with Gasteiger partial charge in [-0.15, -0.1) is 0 Å². The zero-order valence-electron chi connectivity index (χ0n) is 14.2. The van der Waals surface area contributed by atoms with Gasteiger partial charge in [0, 0.05) is 30.5 Å². The molecule has 1 aliphatic rings. The van der Waals surface area contributed by atoms with E-state index in [1.54, 1.807) is 24.3 Å². The van der Waals surface area contributed by atoms with Gasteiger partial charge < -0.3 is 5.32 Å². The first-order valence-corrected chi connectivity index (χ1v) is 10.3. The van der Waals surface area contributed by atoms with Crippen LogP contribution in [0.1, 0.15) is 36.0 Å². The van der Waals surface area contributed by atoms with Crippen molar-refractivity contribution >= 4 is 33.2 Å². The number of carbonyl (C=O) groups is 1. The van der Waals surface area contributed by atoms with Crippen molar-refractivity contribution in [3.8, 4) is 0 Å². The predicted octanol–water partition coefficient (Wildman–Crippen LogP) is 3.55. The quantitative estimate of drug-likeness (QED) is 0.805. The van der Waals surface area contributed by atoms with Crippen LogP contribution in [-0.2, 0) is 10.0 Å². The monoisotopic (exact) mass is 393 g/mol. The number of hydrogen-bond acceptors (Lipinski definition) is 4. The molecule has 0 aliphatic carbocycles. The molecule has 2 heterocycles. The maximum atomic E-state index is 12.9. The molecule has 0 atom stereocenters. The molecule has 0 unspecified atom stereocenters. The number of nitrogens with zero attached hydrogens (tertiary/aromatic N) is 2. The summed E-state index contributed by atoms with van der Waals surface area (Å²) < 4.78 is 27.3. The summed E-state index contributed by atoms with van der Waals surface area (Å²) in [5, 5.41) is 2.92. The molecule has 1 fully saturated rings. The van der Waals surface area contributed by atoms with Crippen molar-refractivity contribution in [1.82, 2.24) is 9.29 Å². The summed E-state index contributed by atoms with van der Waals surface area (Å²) in [6.45, 7) is 1.07. The van der Waals surface area contributed by atoms with Gasteiger partial charge in [-0.3, -0.25) is 4.79 Å². The normalized spacial score (nSPS) is 16.0. The number of anilines is 1. The fourth-order valence-corrected chi connectivity index (χ4v) is 4.65. The van der Waals surface area contributed by atoms with Crippen molar-refractivity contribution in [3.05, 3.63) is 53.3 Å². The molecule has 2 aromatic rings. The second kappa shape index (κ2) is 8.16. The summed E-state index contributed by atoms with van der Waals surface area (Å²) in [5.41, 5.74) is 0.768. The molecule has 1 aromatic carbocycles. The van der Waals surface area contributed by atoms with Crippen LogP contribution in [0, 0.1) is 0 Å². The van der Waals surface area contributed by atoms with Crippen LogP contribution >= 0.6 is 11.6 Å². The lowest BCUT2D eigenvalue weighted by Crippen LogP contribution is -2.32. The summed E-state index contributed by atoms with van der Waals surface area (Å²) in [6.07, 6.45) is 5.29. The van der Waals surface area contributed by atoms with Crippen molar-refractivity contribution in [2.24, 2.45) is 0 Å². The summed E-state index contributed by atoms with van der Waals surface area (Å²) >= 11 is 5.80. The minimum atomic E-state index is -3.56. The number of aromatic nitrogens is 1. The Morgan fingerprint density at radius 3 is 2.50 bits per heavy atom. The van der Waals surface area contributed by atoms with E-state index in [1.165, 1.54) is 22.6 Å². The Bertz CT molecular complexity index is 894. The van der Waals surface area contributed by atoms with Crippen LogP contribution in [0.25, 0.3) is 0 Å². The van der Waals surface area contributed by atoms with Crippen LogP contribution in [0.15, 0.2) is 47.5 Å². The molecule has 1 amide bonds. The molecule has 138 valence electrons. The second-order valence-corrected chi connectivity index (χ2v) is 8.49. The van der Waals surface area contributed by atoms with Crippen LogP contribution in [0.5, 0.6) is 0 Å². The number of amides is 1. The van der Waals surface area contributed by atoms with E-state index in [2.05, 4.69) is 10.3 Å². The zero-order valence-corrected chi connectivity index (χ0v) is 15.8. The highest BCUT2D eigenvalue weighted by Crippen LogP contribution is 2.23. The first-order valence-electron chi connectivity index (χ1n) is 8.50. The number of rotatable bonds is 4. The molecule has 0 radical (unpaired) electrons. The highest BCUT2D eigenvalue weighted by Gasteiger charge is 2.25. The SMILES string of the molecule is O=C(Nc1cccc(S(=O)(=O)N2CCCCCC2)c1)c1ccnc(Cl)c1. The minimum absolute atomic E-state index is 0.185. The van der Waals surface area contributed by atoms with Crippen molar-refractivity contribution in [3.63, 3.8) is 0 Å². The molecular weight excluding hydrogens is 374 g/mol. The summed E-state index contributed by atoms with van der Waals surface area (Å²) in [5.74, 6) is -0.376. The second-order valence-electron chi connectivity index (χ2n) is 6.17. The zero-order chi connectivity index (χ0) is 18.6. The van der Waals surface area contributed by atoms with Crippen molar-refractivity contribution in [1.29, 1.82) is 0 Å². The Balaban J connectivity index is 1.80. The number of benzene rings is 1. The molecule has 1 N–H and O–H groups in total. The Hall–Kier alpha value is -1.96. The number of pyridine rings is 1. The van der Waals surface area contributed by atoms with Crippen LogP contribution in [0.4, 0.5) is 5.69 Å². The molecule has 1 saturated heterocycles. The van der Waals surface area contributed by atoms with Gasteiger partial charge in [0.1, 0.15) is 5.15 Å². The average Bonchev–Trinajstić information content (AvgIpc) is 2.92. The lowest BCUT2D eigenvalue weighted by Gasteiger charge is -2.20. The molecule has 3 rings (SSSR count). The molecule has 0 saturated carbocycles. The summed E-state index contributed by atoms with van der Waals surface area (Å²) in [6, 6.07) is 9.32. The molecule has 0 bridgehead atoms. The van der Waals surface area contributed by atoms with Gasteiger partial charge in [-0.2, -0.15) is 4.31 Å². The van der Waals surface area contributed by atoms with E-state index in [0.717, 1.165) is 25.7 Å². The van der Waals surface area contributed by atoms with E-state index in [1.807, 2.05) is 0 Å². The smallest absolute Gasteiger partial charge is 0.255 e. The van der Waals surface area contributed by atoms with Gasteiger partial charge in [-0.1, -0.05) is 30.5 Å². The lowest BCUT2D eigenvalue weighted by molar-refractivity contribution is 0.102. The van der Waals surface area contributed by atoms with Crippen LogP contribution < -0.4 is 5.32 Å². The van der Waals surface area contributed by atoms with Crippen LogP contribution in [0.2, 0.25) is 5.15 Å². The van der Waals surface area contributed by atoms with E-state index < -0.39 is 10.0 Å². The number of halogens is 1. The maximum Gasteiger partial charge on any atom is 0.255 e. The van der Waals surface area contributed by atoms with E-state index >= 15 is 0 Å². The maximum absolute atomic E-state index is 12.9. The van der Waals surface area contributed by atoms with Gasteiger partial charge >= 0.3 is 0 Å². The Morgan fingerprint density at radius 1 is 1.08 bits per heavy atom. The van der Waals surface area contributed by atoms with Crippen molar-refractivity contribution in [2.75, 3.05) is 18.4 Å². The predicted molar refractivity (Wildman–Crippen MR) is 101 cm³/mol. The summed E-state index contributed by atoms with van der Waals surface area (Å²) in [7, 11) is -3.56. The average molecular weight is 394 g/mol. The van der Waals surface area contributed by atoms with E-state index in [9.17, 15) is 13.2 Å². The number of nitrogens with one attached hydrogen (secondary N) is 1. The third-order valence-electron chi connectivity index (χ3n) is 4.28. The van der Waals surface area contributed by atoms with Crippen LogP contribution in [-0.4, -0.2) is 36.7 Å². The van der Waals surface area contributed by atoms with Gasteiger partial charge in [0.2, 0.25) is 10.0 Å². The van der Waals surface area contributed by atoms with Gasteiger partial charge in [0.05, 0.1) is 4.90 Å². The first-order chi connectivity index (χ1) is 12.5. The Kier molecular flexibility index (Phi) is 5.90. The number of hydrogen-bond donors (Lipinski definition) is 1. The Labute approximate surface area is 158 Å². The highest BCUT2D eigenvalue weighted by molar-refractivity contribution is 7.89. The summed E-state index contributed by atoms with van der Waals surface area (Å²) in [4.78, 5) is 16.3.